The molecule has 0 aliphatic rings. The Balaban J connectivity index is 1.64. The fourth-order valence-electron chi connectivity index (χ4n) is 2.31. The molecule has 130 valence electrons. The summed E-state index contributed by atoms with van der Waals surface area (Å²) in [5.41, 5.74) is 3.59. The third-order valence-corrected chi connectivity index (χ3v) is 4.80. The van der Waals surface area contributed by atoms with E-state index in [1.165, 1.54) is 22.5 Å². The van der Waals surface area contributed by atoms with Gasteiger partial charge in [-0.15, -0.1) is 0 Å². The summed E-state index contributed by atoms with van der Waals surface area (Å²) in [6.45, 7) is 2.09. The van der Waals surface area contributed by atoms with Gasteiger partial charge in [0.1, 0.15) is 0 Å². The molecule has 3 aromatic rings. The number of ether oxygens (including phenoxy) is 1. The maximum atomic E-state index is 11.4. The van der Waals surface area contributed by atoms with E-state index in [0.29, 0.717) is 5.56 Å². The Morgan fingerprint density at radius 1 is 0.885 bits per heavy atom. The molecule has 4 heteroatoms. The lowest BCUT2D eigenvalue weighted by Gasteiger charge is -2.03. The molecule has 26 heavy (non-hydrogen) atoms. The van der Waals surface area contributed by atoms with E-state index < -0.39 is 0 Å². The van der Waals surface area contributed by atoms with Crippen molar-refractivity contribution in [3.63, 3.8) is 0 Å². The van der Waals surface area contributed by atoms with Gasteiger partial charge in [0.05, 0.1) is 18.4 Å². The molecule has 0 bridgehead atoms. The summed E-state index contributed by atoms with van der Waals surface area (Å²) in [5, 5.41) is 0. The summed E-state index contributed by atoms with van der Waals surface area (Å²) in [6, 6.07) is 23.8. The fraction of sp³-hybridized carbons (Fsp3) is 0.0909. The second-order valence-corrected chi connectivity index (χ2v) is 6.93. The van der Waals surface area contributed by atoms with Crippen molar-refractivity contribution in [2.45, 2.75) is 16.7 Å². The summed E-state index contributed by atoms with van der Waals surface area (Å²) in [7, 11) is 1.37. The SMILES string of the molecule is COC(=O)c1ccc(N=Cc2ccc(Sc3ccc(C)cc3)cc2)cc1. The zero-order valence-electron chi connectivity index (χ0n) is 14.7. The van der Waals surface area contributed by atoms with E-state index in [1.54, 1.807) is 36.0 Å². The molecule has 0 saturated heterocycles. The number of esters is 1. The summed E-state index contributed by atoms with van der Waals surface area (Å²) in [4.78, 5) is 18.3. The molecule has 0 saturated carbocycles. The first-order valence-corrected chi connectivity index (χ1v) is 9.03. The summed E-state index contributed by atoms with van der Waals surface area (Å²) in [5.74, 6) is -0.345. The van der Waals surface area contributed by atoms with Crippen LogP contribution in [-0.4, -0.2) is 19.3 Å². The van der Waals surface area contributed by atoms with Gasteiger partial charge in [-0.1, -0.05) is 41.6 Å². The lowest BCUT2D eigenvalue weighted by Crippen LogP contribution is -1.99. The number of rotatable bonds is 5. The number of carbonyl (C=O) groups excluding carboxylic acids is 1. The van der Waals surface area contributed by atoms with Crippen molar-refractivity contribution in [2.24, 2.45) is 4.99 Å². The third kappa shape index (κ3) is 4.83. The van der Waals surface area contributed by atoms with Crippen LogP contribution in [0.2, 0.25) is 0 Å². The predicted molar refractivity (Wildman–Crippen MR) is 107 cm³/mol. The van der Waals surface area contributed by atoms with Crippen molar-refractivity contribution in [1.29, 1.82) is 0 Å². The zero-order valence-corrected chi connectivity index (χ0v) is 15.5. The van der Waals surface area contributed by atoms with Crippen molar-refractivity contribution in [2.75, 3.05) is 7.11 Å². The van der Waals surface area contributed by atoms with Crippen LogP contribution in [0.15, 0.2) is 87.6 Å². The molecule has 3 nitrogen and oxygen atoms in total. The summed E-state index contributed by atoms with van der Waals surface area (Å²) < 4.78 is 4.69. The molecule has 0 fully saturated rings. The van der Waals surface area contributed by atoms with E-state index in [4.69, 9.17) is 0 Å². The number of carbonyl (C=O) groups is 1. The van der Waals surface area contributed by atoms with Crippen LogP contribution < -0.4 is 0 Å². The van der Waals surface area contributed by atoms with Crippen molar-refractivity contribution in [1.82, 2.24) is 0 Å². The van der Waals surface area contributed by atoms with E-state index in [9.17, 15) is 4.79 Å². The Bertz CT molecular complexity index is 898. The fourth-order valence-corrected chi connectivity index (χ4v) is 3.13. The molecule has 0 amide bonds. The minimum atomic E-state index is -0.345. The van der Waals surface area contributed by atoms with Gasteiger partial charge in [-0.2, -0.15) is 0 Å². The Hall–Kier alpha value is -2.85. The standard InChI is InChI=1S/C22H19NO2S/c1-16-3-11-20(12-4-16)26-21-13-5-17(6-14-21)15-23-19-9-7-18(8-10-19)22(24)25-2/h3-15H,1-2H3. The molecule has 0 N–H and O–H groups in total. The number of hydrogen-bond acceptors (Lipinski definition) is 4. The van der Waals surface area contributed by atoms with E-state index in [1.807, 2.05) is 18.3 Å². The van der Waals surface area contributed by atoms with Gasteiger partial charge in [-0.25, -0.2) is 4.79 Å². The average Bonchev–Trinajstić information content (AvgIpc) is 2.69. The lowest BCUT2D eigenvalue weighted by molar-refractivity contribution is 0.0601. The first kappa shape index (κ1) is 18.0. The Kier molecular flexibility index (Phi) is 5.87. The summed E-state index contributed by atoms with van der Waals surface area (Å²) in [6.07, 6.45) is 1.81. The number of methoxy groups -OCH3 is 1. The number of benzene rings is 3. The number of aliphatic imine (C=N–C) groups is 1. The van der Waals surface area contributed by atoms with Crippen molar-refractivity contribution < 1.29 is 9.53 Å². The van der Waals surface area contributed by atoms with Crippen LogP contribution in [0, 0.1) is 6.92 Å². The Morgan fingerprint density at radius 3 is 2.04 bits per heavy atom. The predicted octanol–water partition coefficient (Wildman–Crippen LogP) is 5.68. The Morgan fingerprint density at radius 2 is 1.46 bits per heavy atom. The molecular weight excluding hydrogens is 342 g/mol. The quantitative estimate of drug-likeness (QED) is 0.433. The van der Waals surface area contributed by atoms with E-state index in [2.05, 4.69) is 53.1 Å². The average molecular weight is 361 g/mol. The van der Waals surface area contributed by atoms with Gasteiger partial charge in [0.15, 0.2) is 0 Å². The second kappa shape index (κ2) is 8.50. The highest BCUT2D eigenvalue weighted by Crippen LogP contribution is 2.27. The maximum absolute atomic E-state index is 11.4. The molecular formula is C22H19NO2S. The molecule has 0 radical (unpaired) electrons. The van der Waals surface area contributed by atoms with Gasteiger partial charge in [-0.05, 0) is 61.0 Å². The Labute approximate surface area is 157 Å². The highest BCUT2D eigenvalue weighted by Gasteiger charge is 2.03. The maximum Gasteiger partial charge on any atom is 0.337 e. The minimum absolute atomic E-state index is 0.345. The van der Waals surface area contributed by atoms with Gasteiger partial charge >= 0.3 is 5.97 Å². The van der Waals surface area contributed by atoms with Gasteiger partial charge in [0.2, 0.25) is 0 Å². The minimum Gasteiger partial charge on any atom is -0.465 e. The van der Waals surface area contributed by atoms with Crippen LogP contribution in [0.25, 0.3) is 0 Å². The van der Waals surface area contributed by atoms with Crippen molar-refractivity contribution >= 4 is 29.6 Å². The highest BCUT2D eigenvalue weighted by atomic mass is 32.2. The highest BCUT2D eigenvalue weighted by molar-refractivity contribution is 7.99. The van der Waals surface area contributed by atoms with E-state index in [0.717, 1.165) is 11.3 Å². The second-order valence-electron chi connectivity index (χ2n) is 5.78. The first-order chi connectivity index (χ1) is 12.6. The zero-order chi connectivity index (χ0) is 18.4. The third-order valence-electron chi connectivity index (χ3n) is 3.79. The van der Waals surface area contributed by atoms with Gasteiger partial charge in [-0.3, -0.25) is 4.99 Å². The van der Waals surface area contributed by atoms with Crippen LogP contribution >= 0.6 is 11.8 Å². The molecule has 3 aromatic carbocycles. The van der Waals surface area contributed by atoms with Crippen LogP contribution in [0.1, 0.15) is 21.5 Å². The van der Waals surface area contributed by atoms with Crippen LogP contribution in [0.5, 0.6) is 0 Å². The van der Waals surface area contributed by atoms with Crippen molar-refractivity contribution in [3.05, 3.63) is 89.5 Å². The molecule has 0 atom stereocenters. The molecule has 0 aliphatic heterocycles. The smallest absolute Gasteiger partial charge is 0.337 e. The molecule has 0 heterocycles. The topological polar surface area (TPSA) is 38.7 Å². The first-order valence-electron chi connectivity index (χ1n) is 8.21. The number of nitrogens with zero attached hydrogens (tertiary/aromatic N) is 1. The molecule has 0 unspecified atom stereocenters. The largest absolute Gasteiger partial charge is 0.465 e. The normalized spacial score (nSPS) is 10.8. The van der Waals surface area contributed by atoms with Crippen molar-refractivity contribution in [3.8, 4) is 0 Å². The van der Waals surface area contributed by atoms with Gasteiger partial charge < -0.3 is 4.74 Å². The molecule has 3 rings (SSSR count). The number of aryl methyl sites for hydroxylation is 1. The summed E-state index contributed by atoms with van der Waals surface area (Å²) >= 11 is 1.74. The molecule has 0 aliphatic carbocycles. The van der Waals surface area contributed by atoms with Gasteiger partial charge in [0, 0.05) is 16.0 Å². The van der Waals surface area contributed by atoms with E-state index >= 15 is 0 Å². The van der Waals surface area contributed by atoms with Crippen LogP contribution in [-0.2, 0) is 4.74 Å². The number of hydrogen-bond donors (Lipinski definition) is 0. The van der Waals surface area contributed by atoms with Crippen LogP contribution in [0.3, 0.4) is 0 Å². The monoisotopic (exact) mass is 361 g/mol. The van der Waals surface area contributed by atoms with Crippen LogP contribution in [0.4, 0.5) is 5.69 Å². The molecule has 0 spiro atoms. The van der Waals surface area contributed by atoms with Gasteiger partial charge in [0.25, 0.3) is 0 Å². The van der Waals surface area contributed by atoms with E-state index in [-0.39, 0.29) is 5.97 Å². The lowest BCUT2D eigenvalue weighted by atomic mass is 10.2. The molecule has 0 aromatic heterocycles.